The summed E-state index contributed by atoms with van der Waals surface area (Å²) in [4.78, 5) is 14.1. The monoisotopic (exact) mass is 324 g/mol. The Balaban J connectivity index is 1.99. The Hall–Kier alpha value is -1.10. The maximum Gasteiger partial charge on any atom is 0.320 e. The zero-order valence-corrected chi connectivity index (χ0v) is 14.3. The Morgan fingerprint density at radius 2 is 1.95 bits per heavy atom. The molecule has 22 heavy (non-hydrogen) atoms. The number of ether oxygens (including phenoxy) is 1. The second kappa shape index (κ2) is 6.99. The summed E-state index contributed by atoms with van der Waals surface area (Å²) in [6, 6.07) is 7.94. The largest absolute Gasteiger partial charge is 0.459 e. The average Bonchev–Trinajstić information content (AvgIpc) is 2.36. The van der Waals surface area contributed by atoms with Gasteiger partial charge in [0.2, 0.25) is 0 Å². The van der Waals surface area contributed by atoms with Gasteiger partial charge in [-0.2, -0.15) is 0 Å². The number of benzene rings is 1. The van der Waals surface area contributed by atoms with Gasteiger partial charge in [-0.15, -0.1) is 0 Å². The van der Waals surface area contributed by atoms with Crippen LogP contribution >= 0.6 is 11.6 Å². The lowest BCUT2D eigenvalue weighted by Crippen LogP contribution is -2.48. The van der Waals surface area contributed by atoms with Crippen molar-refractivity contribution in [3.05, 3.63) is 34.9 Å². The molecule has 1 aliphatic heterocycles. The van der Waals surface area contributed by atoms with E-state index in [0.717, 1.165) is 24.5 Å². The Kier molecular flexibility index (Phi) is 5.48. The van der Waals surface area contributed by atoms with E-state index in [1.54, 1.807) is 0 Å². The maximum absolute atomic E-state index is 12.0. The first kappa shape index (κ1) is 17.3. The summed E-state index contributed by atoms with van der Waals surface area (Å²) in [6.07, 6.45) is 0.923. The van der Waals surface area contributed by atoms with Gasteiger partial charge in [-0.25, -0.2) is 0 Å². The SMILES string of the molecule is CC(C)(C)OC(=O)CN1CC(N)CC(c2ccc(Cl)cc2)C1. The van der Waals surface area contributed by atoms with E-state index in [4.69, 9.17) is 22.1 Å². The molecule has 0 radical (unpaired) electrons. The smallest absolute Gasteiger partial charge is 0.320 e. The molecule has 0 bridgehead atoms. The van der Waals surface area contributed by atoms with Crippen molar-refractivity contribution in [2.24, 2.45) is 5.73 Å². The predicted molar refractivity (Wildman–Crippen MR) is 89.1 cm³/mol. The molecule has 0 saturated carbocycles. The van der Waals surface area contributed by atoms with E-state index in [1.165, 1.54) is 5.56 Å². The fourth-order valence-corrected chi connectivity index (χ4v) is 3.02. The molecule has 2 N–H and O–H groups in total. The van der Waals surface area contributed by atoms with Gasteiger partial charge in [-0.3, -0.25) is 9.69 Å². The van der Waals surface area contributed by atoms with E-state index >= 15 is 0 Å². The number of carbonyl (C=O) groups excluding carboxylic acids is 1. The minimum absolute atomic E-state index is 0.0665. The lowest BCUT2D eigenvalue weighted by atomic mass is 9.88. The highest BCUT2D eigenvalue weighted by Gasteiger charge is 2.28. The summed E-state index contributed by atoms with van der Waals surface area (Å²) in [5.41, 5.74) is 6.93. The van der Waals surface area contributed by atoms with Crippen LogP contribution in [0.5, 0.6) is 0 Å². The molecule has 0 amide bonds. The number of rotatable bonds is 3. The summed E-state index contributed by atoms with van der Waals surface area (Å²) in [5.74, 6) is 0.125. The fraction of sp³-hybridized carbons (Fsp3) is 0.588. The zero-order valence-electron chi connectivity index (χ0n) is 13.5. The van der Waals surface area contributed by atoms with Crippen LogP contribution in [0.3, 0.4) is 0 Å². The molecule has 2 atom stereocenters. The van der Waals surface area contributed by atoms with Crippen molar-refractivity contribution in [2.45, 2.75) is 44.8 Å². The molecule has 4 nitrogen and oxygen atoms in total. The molecule has 2 unspecified atom stereocenters. The molecule has 0 aliphatic carbocycles. The third kappa shape index (κ3) is 5.27. The number of piperidine rings is 1. The second-order valence-corrected chi connectivity index (χ2v) is 7.46. The Bertz CT molecular complexity index is 510. The lowest BCUT2D eigenvalue weighted by molar-refractivity contribution is -0.156. The summed E-state index contributed by atoms with van der Waals surface area (Å²) in [7, 11) is 0. The fourth-order valence-electron chi connectivity index (χ4n) is 2.89. The van der Waals surface area contributed by atoms with Gasteiger partial charge in [0.25, 0.3) is 0 Å². The van der Waals surface area contributed by atoms with Crippen molar-refractivity contribution < 1.29 is 9.53 Å². The van der Waals surface area contributed by atoms with Gasteiger partial charge in [0.1, 0.15) is 5.60 Å². The molecule has 1 heterocycles. The number of esters is 1. The molecule has 1 aromatic carbocycles. The van der Waals surface area contributed by atoms with Gasteiger partial charge in [-0.05, 0) is 50.8 Å². The lowest BCUT2D eigenvalue weighted by Gasteiger charge is -2.36. The first-order chi connectivity index (χ1) is 10.2. The van der Waals surface area contributed by atoms with Gasteiger partial charge in [0.05, 0.1) is 6.54 Å². The quantitative estimate of drug-likeness (QED) is 0.869. The summed E-state index contributed by atoms with van der Waals surface area (Å²) in [5, 5.41) is 0.731. The van der Waals surface area contributed by atoms with Crippen LogP contribution in [0.1, 0.15) is 38.7 Å². The van der Waals surface area contributed by atoms with E-state index in [0.29, 0.717) is 5.92 Å². The van der Waals surface area contributed by atoms with Gasteiger partial charge in [0, 0.05) is 24.2 Å². The Morgan fingerprint density at radius 3 is 2.55 bits per heavy atom. The van der Waals surface area contributed by atoms with Crippen LogP contribution in [0.2, 0.25) is 5.02 Å². The van der Waals surface area contributed by atoms with Crippen molar-refractivity contribution >= 4 is 17.6 Å². The van der Waals surface area contributed by atoms with Crippen LogP contribution < -0.4 is 5.73 Å². The van der Waals surface area contributed by atoms with Gasteiger partial charge < -0.3 is 10.5 Å². The van der Waals surface area contributed by atoms with Crippen LogP contribution in [0.25, 0.3) is 0 Å². The van der Waals surface area contributed by atoms with Gasteiger partial charge in [-0.1, -0.05) is 23.7 Å². The Morgan fingerprint density at radius 1 is 1.32 bits per heavy atom. The Labute approximate surface area is 137 Å². The van der Waals surface area contributed by atoms with Crippen LogP contribution in [-0.2, 0) is 9.53 Å². The highest BCUT2D eigenvalue weighted by molar-refractivity contribution is 6.30. The molecule has 0 spiro atoms. The normalized spacial score (nSPS) is 23.3. The van der Waals surface area contributed by atoms with Crippen LogP contribution in [0.15, 0.2) is 24.3 Å². The average molecular weight is 325 g/mol. The van der Waals surface area contributed by atoms with Crippen LogP contribution in [0.4, 0.5) is 0 Å². The second-order valence-electron chi connectivity index (χ2n) is 7.02. The topological polar surface area (TPSA) is 55.6 Å². The zero-order chi connectivity index (χ0) is 16.3. The molecule has 1 aliphatic rings. The van der Waals surface area contributed by atoms with E-state index in [9.17, 15) is 4.79 Å². The number of carbonyl (C=O) groups is 1. The molecule has 1 fully saturated rings. The first-order valence-electron chi connectivity index (χ1n) is 7.68. The van der Waals surface area contributed by atoms with Gasteiger partial charge >= 0.3 is 5.97 Å². The minimum Gasteiger partial charge on any atom is -0.459 e. The number of likely N-dealkylation sites (tertiary alicyclic amines) is 1. The minimum atomic E-state index is -0.454. The number of halogens is 1. The molecule has 0 aromatic heterocycles. The number of nitrogens with zero attached hydrogens (tertiary/aromatic N) is 1. The summed E-state index contributed by atoms with van der Waals surface area (Å²) < 4.78 is 5.39. The standard InChI is InChI=1S/C17H25ClN2O2/c1-17(2,3)22-16(21)11-20-9-13(8-15(19)10-20)12-4-6-14(18)7-5-12/h4-7,13,15H,8-11,19H2,1-3H3. The number of hydrogen-bond acceptors (Lipinski definition) is 4. The van der Waals surface area contributed by atoms with Gasteiger partial charge in [0.15, 0.2) is 0 Å². The highest BCUT2D eigenvalue weighted by atomic mass is 35.5. The van der Waals surface area contributed by atoms with Crippen LogP contribution in [0, 0.1) is 0 Å². The van der Waals surface area contributed by atoms with Crippen molar-refractivity contribution in [3.8, 4) is 0 Å². The van der Waals surface area contributed by atoms with Crippen molar-refractivity contribution in [1.29, 1.82) is 0 Å². The summed E-state index contributed by atoms with van der Waals surface area (Å²) in [6.45, 7) is 7.46. The van der Waals surface area contributed by atoms with Crippen molar-refractivity contribution in [3.63, 3.8) is 0 Å². The molecule has 1 saturated heterocycles. The predicted octanol–water partition coefficient (Wildman–Crippen LogP) is 2.80. The molecule has 2 rings (SSSR count). The third-order valence-corrected chi connectivity index (χ3v) is 3.92. The molecular formula is C17H25ClN2O2. The number of hydrogen-bond donors (Lipinski definition) is 1. The van der Waals surface area contributed by atoms with Crippen LogP contribution in [-0.4, -0.2) is 42.1 Å². The summed E-state index contributed by atoms with van der Waals surface area (Å²) >= 11 is 5.94. The molecule has 1 aromatic rings. The van der Waals surface area contributed by atoms with E-state index in [-0.39, 0.29) is 18.6 Å². The van der Waals surface area contributed by atoms with Crippen molar-refractivity contribution in [1.82, 2.24) is 4.90 Å². The third-order valence-electron chi connectivity index (χ3n) is 3.67. The number of nitrogens with two attached hydrogens (primary N) is 1. The molecular weight excluding hydrogens is 300 g/mol. The van der Waals surface area contributed by atoms with Crippen molar-refractivity contribution in [2.75, 3.05) is 19.6 Å². The van der Waals surface area contributed by atoms with E-state index < -0.39 is 5.60 Å². The van der Waals surface area contributed by atoms with E-state index in [1.807, 2.05) is 45.0 Å². The maximum atomic E-state index is 12.0. The highest BCUT2D eigenvalue weighted by Crippen LogP contribution is 2.27. The molecule has 5 heteroatoms. The molecule has 122 valence electrons. The van der Waals surface area contributed by atoms with E-state index in [2.05, 4.69) is 4.90 Å². The first-order valence-corrected chi connectivity index (χ1v) is 8.06.